The molecule has 1 aromatic carbocycles. The minimum Gasteiger partial charge on any atom is -0.361 e. The highest BCUT2D eigenvalue weighted by Gasteiger charge is 2.25. The van der Waals surface area contributed by atoms with Crippen molar-refractivity contribution >= 4 is 22.5 Å². The summed E-state index contributed by atoms with van der Waals surface area (Å²) < 4.78 is 0. The lowest BCUT2D eigenvalue weighted by Gasteiger charge is -2.30. The van der Waals surface area contributed by atoms with E-state index in [1.165, 1.54) is 29.1 Å². The maximum absolute atomic E-state index is 4.80. The SMILES string of the molecule is CCCCSC1=NC(C)(C)Nc2ccccc21. The quantitative estimate of drug-likeness (QED) is 0.813. The van der Waals surface area contributed by atoms with E-state index in [1.807, 2.05) is 11.8 Å². The highest BCUT2D eigenvalue weighted by molar-refractivity contribution is 8.14. The van der Waals surface area contributed by atoms with Crippen molar-refractivity contribution in [2.75, 3.05) is 11.1 Å². The van der Waals surface area contributed by atoms with Gasteiger partial charge in [0.05, 0.1) is 0 Å². The third kappa shape index (κ3) is 3.03. The topological polar surface area (TPSA) is 24.4 Å². The van der Waals surface area contributed by atoms with Crippen LogP contribution in [0.3, 0.4) is 0 Å². The summed E-state index contributed by atoms with van der Waals surface area (Å²) in [5.74, 6) is 1.15. The van der Waals surface area contributed by atoms with Crippen LogP contribution in [0.25, 0.3) is 0 Å². The Kier molecular flexibility index (Phi) is 3.77. The van der Waals surface area contributed by atoms with Crippen LogP contribution in [0.15, 0.2) is 29.3 Å². The van der Waals surface area contributed by atoms with E-state index in [2.05, 4.69) is 50.4 Å². The number of fused-ring (bicyclic) bond motifs is 1. The van der Waals surface area contributed by atoms with Gasteiger partial charge in [-0.15, -0.1) is 11.8 Å². The van der Waals surface area contributed by atoms with Crippen molar-refractivity contribution in [1.29, 1.82) is 0 Å². The van der Waals surface area contributed by atoms with Gasteiger partial charge in [0.15, 0.2) is 0 Å². The van der Waals surface area contributed by atoms with E-state index >= 15 is 0 Å². The number of hydrogen-bond acceptors (Lipinski definition) is 3. The summed E-state index contributed by atoms with van der Waals surface area (Å²) in [6, 6.07) is 8.43. The maximum atomic E-state index is 4.80. The first-order valence-electron chi connectivity index (χ1n) is 6.22. The van der Waals surface area contributed by atoms with E-state index in [0.29, 0.717) is 0 Å². The predicted molar refractivity (Wildman–Crippen MR) is 78.0 cm³/mol. The minimum absolute atomic E-state index is 0.192. The van der Waals surface area contributed by atoms with Crippen molar-refractivity contribution in [1.82, 2.24) is 0 Å². The molecule has 1 aliphatic rings. The van der Waals surface area contributed by atoms with Crippen LogP contribution in [0.4, 0.5) is 5.69 Å². The van der Waals surface area contributed by atoms with Gasteiger partial charge in [-0.3, -0.25) is 4.99 Å². The third-order valence-corrected chi connectivity index (χ3v) is 3.79. The average Bonchev–Trinajstić information content (AvgIpc) is 2.28. The Morgan fingerprint density at radius 2 is 2.06 bits per heavy atom. The van der Waals surface area contributed by atoms with Gasteiger partial charge in [-0.2, -0.15) is 0 Å². The fourth-order valence-electron chi connectivity index (χ4n) is 1.87. The average molecular weight is 248 g/mol. The minimum atomic E-state index is -0.192. The number of aliphatic imine (C=N–C) groups is 1. The molecule has 1 aliphatic heterocycles. The van der Waals surface area contributed by atoms with Gasteiger partial charge in [-0.25, -0.2) is 0 Å². The summed E-state index contributed by atoms with van der Waals surface area (Å²) in [5, 5.41) is 4.63. The van der Waals surface area contributed by atoms with Gasteiger partial charge in [-0.05, 0) is 32.1 Å². The number of para-hydroxylation sites is 1. The largest absolute Gasteiger partial charge is 0.361 e. The van der Waals surface area contributed by atoms with Gasteiger partial charge >= 0.3 is 0 Å². The highest BCUT2D eigenvalue weighted by atomic mass is 32.2. The van der Waals surface area contributed by atoms with E-state index < -0.39 is 0 Å². The molecule has 0 saturated heterocycles. The van der Waals surface area contributed by atoms with Gasteiger partial charge in [0.1, 0.15) is 10.7 Å². The van der Waals surface area contributed by atoms with Gasteiger partial charge in [0, 0.05) is 11.3 Å². The first-order chi connectivity index (χ1) is 8.12. The Bertz CT molecular complexity index is 424. The molecule has 0 aromatic heterocycles. The molecule has 0 saturated carbocycles. The fraction of sp³-hybridized carbons (Fsp3) is 0.500. The lowest BCUT2D eigenvalue weighted by atomic mass is 10.1. The monoisotopic (exact) mass is 248 g/mol. The van der Waals surface area contributed by atoms with Crippen molar-refractivity contribution in [2.24, 2.45) is 4.99 Å². The molecule has 1 heterocycles. The number of nitrogens with one attached hydrogen (secondary N) is 1. The van der Waals surface area contributed by atoms with E-state index in [1.54, 1.807) is 0 Å². The molecule has 0 spiro atoms. The normalized spacial score (nSPS) is 17.0. The summed E-state index contributed by atoms with van der Waals surface area (Å²) in [6.45, 7) is 6.45. The molecule has 2 nitrogen and oxygen atoms in total. The zero-order chi connectivity index (χ0) is 12.3. The van der Waals surface area contributed by atoms with Crippen molar-refractivity contribution in [2.45, 2.75) is 39.3 Å². The lowest BCUT2D eigenvalue weighted by Crippen LogP contribution is -2.33. The Balaban J connectivity index is 2.24. The van der Waals surface area contributed by atoms with Crippen molar-refractivity contribution in [3.8, 4) is 0 Å². The molecule has 3 heteroatoms. The number of nitrogens with zero attached hydrogens (tertiary/aromatic N) is 1. The van der Waals surface area contributed by atoms with Gasteiger partial charge < -0.3 is 5.32 Å². The molecular formula is C14H20N2S. The Labute approximate surface area is 108 Å². The van der Waals surface area contributed by atoms with Crippen molar-refractivity contribution < 1.29 is 0 Å². The van der Waals surface area contributed by atoms with Crippen LogP contribution in [-0.4, -0.2) is 16.5 Å². The summed E-state index contributed by atoms with van der Waals surface area (Å²) in [6.07, 6.45) is 2.49. The van der Waals surface area contributed by atoms with E-state index in [-0.39, 0.29) is 5.66 Å². The van der Waals surface area contributed by atoms with Crippen LogP contribution in [0.2, 0.25) is 0 Å². The maximum Gasteiger partial charge on any atom is 0.125 e. The summed E-state index contributed by atoms with van der Waals surface area (Å²) in [5.41, 5.74) is 2.25. The standard InChI is InChI=1S/C14H20N2S/c1-4-5-10-17-13-11-8-6-7-9-12(11)15-14(2,3)16-13/h6-9,15H,4-5,10H2,1-3H3. The number of hydrogen-bond donors (Lipinski definition) is 1. The van der Waals surface area contributed by atoms with Gasteiger partial charge in [0.25, 0.3) is 0 Å². The molecule has 0 atom stereocenters. The number of anilines is 1. The number of rotatable bonds is 3. The predicted octanol–water partition coefficient (Wildman–Crippen LogP) is 4.13. The van der Waals surface area contributed by atoms with Crippen molar-refractivity contribution in [3.63, 3.8) is 0 Å². The van der Waals surface area contributed by atoms with Gasteiger partial charge in [-0.1, -0.05) is 31.5 Å². The zero-order valence-corrected chi connectivity index (χ0v) is 11.6. The molecule has 0 bridgehead atoms. The molecule has 1 aromatic rings. The Morgan fingerprint density at radius 1 is 1.29 bits per heavy atom. The lowest BCUT2D eigenvalue weighted by molar-refractivity contribution is 0.599. The third-order valence-electron chi connectivity index (χ3n) is 2.72. The number of benzene rings is 1. The smallest absolute Gasteiger partial charge is 0.125 e. The highest BCUT2D eigenvalue weighted by Crippen LogP contribution is 2.31. The Hall–Kier alpha value is -0.960. The fourth-order valence-corrected chi connectivity index (χ4v) is 3.13. The number of unbranched alkanes of at least 4 members (excludes halogenated alkanes) is 1. The van der Waals surface area contributed by atoms with Crippen LogP contribution in [0.5, 0.6) is 0 Å². The molecule has 0 aliphatic carbocycles. The Morgan fingerprint density at radius 3 is 2.82 bits per heavy atom. The van der Waals surface area contributed by atoms with E-state index in [9.17, 15) is 0 Å². The van der Waals surface area contributed by atoms with Crippen LogP contribution < -0.4 is 5.32 Å². The molecule has 92 valence electrons. The zero-order valence-electron chi connectivity index (χ0n) is 10.8. The summed E-state index contributed by atoms with van der Waals surface area (Å²) in [7, 11) is 0. The molecule has 0 amide bonds. The van der Waals surface area contributed by atoms with Crippen LogP contribution in [-0.2, 0) is 0 Å². The van der Waals surface area contributed by atoms with E-state index in [0.717, 1.165) is 5.75 Å². The first kappa shape index (κ1) is 12.5. The van der Waals surface area contributed by atoms with Crippen LogP contribution >= 0.6 is 11.8 Å². The second kappa shape index (κ2) is 5.13. The van der Waals surface area contributed by atoms with E-state index in [4.69, 9.17) is 4.99 Å². The molecule has 0 radical (unpaired) electrons. The summed E-state index contributed by atoms with van der Waals surface area (Å²) in [4.78, 5) is 4.80. The molecule has 17 heavy (non-hydrogen) atoms. The van der Waals surface area contributed by atoms with Crippen molar-refractivity contribution in [3.05, 3.63) is 29.8 Å². The number of thioether (sulfide) groups is 1. The second-order valence-corrected chi connectivity index (χ2v) is 5.93. The summed E-state index contributed by atoms with van der Waals surface area (Å²) >= 11 is 1.88. The van der Waals surface area contributed by atoms with Gasteiger partial charge in [0.2, 0.25) is 0 Å². The first-order valence-corrected chi connectivity index (χ1v) is 7.21. The van der Waals surface area contributed by atoms with Crippen LogP contribution in [0, 0.1) is 0 Å². The molecule has 0 unspecified atom stereocenters. The molecular weight excluding hydrogens is 228 g/mol. The van der Waals surface area contributed by atoms with Crippen LogP contribution in [0.1, 0.15) is 39.2 Å². The molecule has 1 N–H and O–H groups in total. The molecule has 2 rings (SSSR count). The molecule has 0 fully saturated rings. The second-order valence-electron chi connectivity index (χ2n) is 4.85.